The van der Waals surface area contributed by atoms with Gasteiger partial charge in [0.1, 0.15) is 5.69 Å². The Labute approximate surface area is 143 Å². The number of aliphatic carboxylic acids is 1. The maximum absolute atomic E-state index is 12.3. The molecule has 1 aromatic carbocycles. The lowest BCUT2D eigenvalue weighted by Gasteiger charge is -2.36. The molecular formula is C17H18N4O4. The van der Waals surface area contributed by atoms with Crippen LogP contribution in [0.2, 0.25) is 0 Å². The van der Waals surface area contributed by atoms with E-state index < -0.39 is 17.3 Å². The Morgan fingerprint density at radius 1 is 1.24 bits per heavy atom. The van der Waals surface area contributed by atoms with Gasteiger partial charge in [-0.2, -0.15) is 5.10 Å². The van der Waals surface area contributed by atoms with Crippen molar-refractivity contribution in [3.05, 3.63) is 42.2 Å². The first kappa shape index (κ1) is 16.7. The fourth-order valence-corrected chi connectivity index (χ4v) is 2.94. The van der Waals surface area contributed by atoms with Gasteiger partial charge in [0, 0.05) is 12.6 Å². The van der Waals surface area contributed by atoms with E-state index in [0.717, 1.165) is 6.42 Å². The Hall–Kier alpha value is -3.16. The molecule has 130 valence electrons. The smallest absolute Gasteiger partial charge is 0.310 e. The SMILES string of the molecule is NC(=O)c1ccn(-c2ccccc2NC(=O)CC2(C(=O)O)CCC2)n1. The highest BCUT2D eigenvalue weighted by Gasteiger charge is 2.45. The summed E-state index contributed by atoms with van der Waals surface area (Å²) in [6.45, 7) is 0. The van der Waals surface area contributed by atoms with Crippen LogP contribution < -0.4 is 11.1 Å². The number of carboxylic acid groups (broad SMARTS) is 1. The third kappa shape index (κ3) is 3.23. The van der Waals surface area contributed by atoms with E-state index >= 15 is 0 Å². The number of para-hydroxylation sites is 2. The van der Waals surface area contributed by atoms with Crippen LogP contribution in [0.25, 0.3) is 5.69 Å². The first-order valence-corrected chi connectivity index (χ1v) is 7.89. The molecule has 1 aliphatic carbocycles. The second-order valence-corrected chi connectivity index (χ2v) is 6.19. The second kappa shape index (κ2) is 6.39. The number of aromatic nitrogens is 2. The highest BCUT2D eigenvalue weighted by Crippen LogP contribution is 2.44. The molecule has 8 heteroatoms. The van der Waals surface area contributed by atoms with Crippen molar-refractivity contribution in [1.82, 2.24) is 9.78 Å². The summed E-state index contributed by atoms with van der Waals surface area (Å²) in [5, 5.41) is 16.2. The summed E-state index contributed by atoms with van der Waals surface area (Å²) < 4.78 is 1.44. The van der Waals surface area contributed by atoms with Crippen LogP contribution in [0, 0.1) is 5.41 Å². The molecule has 0 atom stereocenters. The number of rotatable bonds is 6. The molecule has 1 aliphatic rings. The zero-order valence-electron chi connectivity index (χ0n) is 13.4. The topological polar surface area (TPSA) is 127 Å². The van der Waals surface area contributed by atoms with E-state index in [-0.39, 0.29) is 18.0 Å². The van der Waals surface area contributed by atoms with Crippen molar-refractivity contribution in [2.75, 3.05) is 5.32 Å². The van der Waals surface area contributed by atoms with Crippen molar-refractivity contribution in [3.63, 3.8) is 0 Å². The molecule has 0 radical (unpaired) electrons. The average molecular weight is 342 g/mol. The lowest BCUT2D eigenvalue weighted by atomic mass is 9.66. The monoisotopic (exact) mass is 342 g/mol. The summed E-state index contributed by atoms with van der Waals surface area (Å²) >= 11 is 0. The van der Waals surface area contributed by atoms with Crippen LogP contribution >= 0.6 is 0 Å². The van der Waals surface area contributed by atoms with Crippen LogP contribution in [0.1, 0.15) is 36.2 Å². The zero-order valence-corrected chi connectivity index (χ0v) is 13.4. The standard InChI is InChI=1S/C17H18N4O4/c18-15(23)12-6-9-21(20-12)13-5-2-1-4-11(13)19-14(22)10-17(16(24)25)7-3-8-17/h1-2,4-6,9H,3,7-8,10H2,(H2,18,23)(H,19,22)(H,24,25). The van der Waals surface area contributed by atoms with Gasteiger partial charge in [0.25, 0.3) is 5.91 Å². The molecule has 1 heterocycles. The minimum absolute atomic E-state index is 0.0672. The number of primary amides is 1. The Balaban J connectivity index is 1.80. The van der Waals surface area contributed by atoms with Gasteiger partial charge in [-0.25, -0.2) is 4.68 Å². The van der Waals surface area contributed by atoms with Crippen molar-refractivity contribution >= 4 is 23.5 Å². The van der Waals surface area contributed by atoms with Gasteiger partial charge in [0.2, 0.25) is 5.91 Å². The molecule has 2 amide bonds. The largest absolute Gasteiger partial charge is 0.481 e. The summed E-state index contributed by atoms with van der Waals surface area (Å²) in [7, 11) is 0. The van der Waals surface area contributed by atoms with Gasteiger partial charge < -0.3 is 16.2 Å². The minimum Gasteiger partial charge on any atom is -0.481 e. The number of hydrogen-bond donors (Lipinski definition) is 3. The van der Waals surface area contributed by atoms with E-state index in [1.165, 1.54) is 10.7 Å². The van der Waals surface area contributed by atoms with Crippen molar-refractivity contribution in [2.24, 2.45) is 11.1 Å². The third-order valence-electron chi connectivity index (χ3n) is 4.53. The summed E-state index contributed by atoms with van der Waals surface area (Å²) in [6.07, 6.45) is 3.34. The molecule has 1 fully saturated rings. The molecule has 0 bridgehead atoms. The number of carbonyl (C=O) groups is 3. The zero-order chi connectivity index (χ0) is 18.0. The van der Waals surface area contributed by atoms with Gasteiger partial charge in [0.15, 0.2) is 0 Å². The van der Waals surface area contributed by atoms with Gasteiger partial charge in [0.05, 0.1) is 16.8 Å². The Morgan fingerprint density at radius 3 is 2.52 bits per heavy atom. The van der Waals surface area contributed by atoms with E-state index in [4.69, 9.17) is 5.73 Å². The molecule has 0 saturated heterocycles. The van der Waals surface area contributed by atoms with E-state index in [0.29, 0.717) is 24.2 Å². The summed E-state index contributed by atoms with van der Waals surface area (Å²) in [5.41, 5.74) is 5.40. The number of amides is 2. The highest BCUT2D eigenvalue weighted by atomic mass is 16.4. The number of nitrogens with one attached hydrogen (secondary N) is 1. The minimum atomic E-state index is -0.954. The number of carbonyl (C=O) groups excluding carboxylic acids is 2. The second-order valence-electron chi connectivity index (χ2n) is 6.19. The van der Waals surface area contributed by atoms with E-state index in [2.05, 4.69) is 10.4 Å². The molecule has 4 N–H and O–H groups in total. The van der Waals surface area contributed by atoms with Crippen molar-refractivity contribution < 1.29 is 19.5 Å². The molecule has 0 spiro atoms. The lowest BCUT2D eigenvalue weighted by molar-refractivity contribution is -0.157. The summed E-state index contributed by atoms with van der Waals surface area (Å²) in [6, 6.07) is 8.40. The Kier molecular flexibility index (Phi) is 4.26. The van der Waals surface area contributed by atoms with Crippen LogP contribution in [-0.2, 0) is 9.59 Å². The number of nitrogens with zero attached hydrogens (tertiary/aromatic N) is 2. The van der Waals surface area contributed by atoms with Gasteiger partial charge in [-0.1, -0.05) is 18.6 Å². The highest BCUT2D eigenvalue weighted by molar-refractivity contribution is 5.96. The average Bonchev–Trinajstić information content (AvgIpc) is 3.01. The van der Waals surface area contributed by atoms with Crippen LogP contribution in [0.5, 0.6) is 0 Å². The van der Waals surface area contributed by atoms with Crippen LogP contribution in [0.15, 0.2) is 36.5 Å². The molecule has 0 aliphatic heterocycles. The quantitative estimate of drug-likeness (QED) is 0.734. The number of carboxylic acids is 1. The molecule has 25 heavy (non-hydrogen) atoms. The molecule has 8 nitrogen and oxygen atoms in total. The van der Waals surface area contributed by atoms with E-state index in [9.17, 15) is 19.5 Å². The molecule has 0 unspecified atom stereocenters. The predicted octanol–water partition coefficient (Wildman–Crippen LogP) is 1.55. The molecule has 1 aromatic heterocycles. The fourth-order valence-electron chi connectivity index (χ4n) is 2.94. The molecular weight excluding hydrogens is 324 g/mol. The molecule has 1 saturated carbocycles. The maximum Gasteiger partial charge on any atom is 0.310 e. The van der Waals surface area contributed by atoms with Crippen LogP contribution in [0.3, 0.4) is 0 Å². The number of nitrogens with two attached hydrogens (primary N) is 1. The summed E-state index contributed by atoms with van der Waals surface area (Å²) in [4.78, 5) is 34.9. The lowest BCUT2D eigenvalue weighted by Crippen LogP contribution is -2.41. The maximum atomic E-state index is 12.3. The van der Waals surface area contributed by atoms with Gasteiger partial charge in [-0.15, -0.1) is 0 Å². The normalized spacial score (nSPS) is 15.2. The van der Waals surface area contributed by atoms with E-state index in [1.807, 2.05) is 0 Å². The van der Waals surface area contributed by atoms with Crippen LogP contribution in [0.4, 0.5) is 5.69 Å². The van der Waals surface area contributed by atoms with Crippen molar-refractivity contribution in [3.8, 4) is 5.69 Å². The van der Waals surface area contributed by atoms with Gasteiger partial charge >= 0.3 is 5.97 Å². The van der Waals surface area contributed by atoms with Crippen LogP contribution in [-0.4, -0.2) is 32.7 Å². The Morgan fingerprint density at radius 2 is 1.96 bits per heavy atom. The van der Waals surface area contributed by atoms with Crippen molar-refractivity contribution in [1.29, 1.82) is 0 Å². The molecule has 3 rings (SSSR count). The fraction of sp³-hybridized carbons (Fsp3) is 0.294. The predicted molar refractivity (Wildman–Crippen MR) is 89.2 cm³/mol. The third-order valence-corrected chi connectivity index (χ3v) is 4.53. The first-order valence-electron chi connectivity index (χ1n) is 7.89. The van der Waals surface area contributed by atoms with Gasteiger partial charge in [-0.3, -0.25) is 14.4 Å². The molecule has 2 aromatic rings. The summed E-state index contributed by atoms with van der Waals surface area (Å²) in [5.74, 6) is -1.94. The van der Waals surface area contributed by atoms with Crippen molar-refractivity contribution in [2.45, 2.75) is 25.7 Å². The van der Waals surface area contributed by atoms with Gasteiger partial charge in [-0.05, 0) is 31.0 Å². The number of hydrogen-bond acceptors (Lipinski definition) is 4. The first-order chi connectivity index (χ1) is 11.9. The number of benzene rings is 1. The Bertz CT molecular complexity index is 839. The van der Waals surface area contributed by atoms with E-state index in [1.54, 1.807) is 30.5 Å². The number of anilines is 1.